The molecular formula is C18H20N2O4. The third kappa shape index (κ3) is 4.74. The first-order valence-electron chi connectivity index (χ1n) is 7.49. The first-order chi connectivity index (χ1) is 11.6. The van der Waals surface area contributed by atoms with Crippen molar-refractivity contribution in [1.29, 1.82) is 0 Å². The van der Waals surface area contributed by atoms with Gasteiger partial charge in [-0.15, -0.1) is 0 Å². The molecule has 6 nitrogen and oxygen atoms in total. The van der Waals surface area contributed by atoms with Crippen molar-refractivity contribution in [2.24, 2.45) is 0 Å². The standard InChI is InChI=1S/C18H20N2O4/c1-23-14-8-9-15(16(12-14)24-2)20-17(21)10-11-19-18(22)13-6-4-3-5-7-13/h3-9,12H,10-11H2,1-2H3,(H,19,22)(H,20,21). The maximum absolute atomic E-state index is 12.0. The normalized spacial score (nSPS) is 9.92. The van der Waals surface area contributed by atoms with Crippen molar-refractivity contribution in [3.05, 3.63) is 54.1 Å². The Morgan fingerprint density at radius 1 is 1.00 bits per heavy atom. The van der Waals surface area contributed by atoms with Gasteiger partial charge in [0.15, 0.2) is 0 Å². The van der Waals surface area contributed by atoms with E-state index in [1.54, 1.807) is 49.6 Å². The number of nitrogens with one attached hydrogen (secondary N) is 2. The summed E-state index contributed by atoms with van der Waals surface area (Å²) in [6, 6.07) is 14.0. The van der Waals surface area contributed by atoms with E-state index in [9.17, 15) is 9.59 Å². The zero-order chi connectivity index (χ0) is 17.4. The Balaban J connectivity index is 1.84. The fourth-order valence-corrected chi connectivity index (χ4v) is 2.10. The Labute approximate surface area is 140 Å². The van der Waals surface area contributed by atoms with Crippen LogP contribution in [0, 0.1) is 0 Å². The second-order valence-electron chi connectivity index (χ2n) is 4.99. The molecule has 0 aliphatic rings. The highest BCUT2D eigenvalue weighted by molar-refractivity contribution is 5.95. The van der Waals surface area contributed by atoms with Gasteiger partial charge in [-0.3, -0.25) is 9.59 Å². The molecular weight excluding hydrogens is 308 g/mol. The molecule has 24 heavy (non-hydrogen) atoms. The van der Waals surface area contributed by atoms with E-state index in [0.29, 0.717) is 22.7 Å². The highest BCUT2D eigenvalue weighted by Gasteiger charge is 2.10. The highest BCUT2D eigenvalue weighted by atomic mass is 16.5. The third-order valence-corrected chi connectivity index (χ3v) is 3.36. The number of carbonyl (C=O) groups excluding carboxylic acids is 2. The molecule has 0 aromatic heterocycles. The van der Waals surface area contributed by atoms with Gasteiger partial charge in [-0.2, -0.15) is 0 Å². The maximum Gasteiger partial charge on any atom is 0.251 e. The van der Waals surface area contributed by atoms with Gasteiger partial charge >= 0.3 is 0 Å². The minimum Gasteiger partial charge on any atom is -0.497 e. The Kier molecular flexibility index (Phi) is 6.19. The van der Waals surface area contributed by atoms with Crippen molar-refractivity contribution in [2.45, 2.75) is 6.42 Å². The monoisotopic (exact) mass is 328 g/mol. The predicted molar refractivity (Wildman–Crippen MR) is 91.6 cm³/mol. The molecule has 2 N–H and O–H groups in total. The van der Waals surface area contributed by atoms with E-state index in [-0.39, 0.29) is 24.8 Å². The van der Waals surface area contributed by atoms with Gasteiger partial charge in [-0.1, -0.05) is 18.2 Å². The Hall–Kier alpha value is -3.02. The van der Waals surface area contributed by atoms with Crippen LogP contribution in [-0.2, 0) is 4.79 Å². The van der Waals surface area contributed by atoms with Crippen molar-refractivity contribution in [3.63, 3.8) is 0 Å². The van der Waals surface area contributed by atoms with Gasteiger partial charge in [0.1, 0.15) is 11.5 Å². The fraction of sp³-hybridized carbons (Fsp3) is 0.222. The van der Waals surface area contributed by atoms with Crippen LogP contribution >= 0.6 is 0 Å². The van der Waals surface area contributed by atoms with Crippen molar-refractivity contribution in [1.82, 2.24) is 5.32 Å². The van der Waals surface area contributed by atoms with E-state index < -0.39 is 0 Å². The van der Waals surface area contributed by atoms with Crippen LogP contribution in [0.1, 0.15) is 16.8 Å². The highest BCUT2D eigenvalue weighted by Crippen LogP contribution is 2.28. The summed E-state index contributed by atoms with van der Waals surface area (Å²) in [6.07, 6.45) is 0.160. The second kappa shape index (κ2) is 8.57. The van der Waals surface area contributed by atoms with Crippen LogP contribution in [0.2, 0.25) is 0 Å². The summed E-state index contributed by atoms with van der Waals surface area (Å²) < 4.78 is 10.3. The number of hydrogen-bond acceptors (Lipinski definition) is 4. The number of hydrogen-bond donors (Lipinski definition) is 2. The zero-order valence-corrected chi connectivity index (χ0v) is 13.7. The topological polar surface area (TPSA) is 76.7 Å². The quantitative estimate of drug-likeness (QED) is 0.818. The maximum atomic E-state index is 12.0. The van der Waals surface area contributed by atoms with Crippen LogP contribution in [0.25, 0.3) is 0 Å². The second-order valence-corrected chi connectivity index (χ2v) is 4.99. The molecule has 0 aliphatic heterocycles. The number of benzene rings is 2. The van der Waals surface area contributed by atoms with Gasteiger partial charge < -0.3 is 20.1 Å². The summed E-state index contributed by atoms with van der Waals surface area (Å²) in [5.41, 5.74) is 1.12. The molecule has 0 saturated carbocycles. The van der Waals surface area contributed by atoms with Crippen LogP contribution in [0.4, 0.5) is 5.69 Å². The van der Waals surface area contributed by atoms with Crippen LogP contribution < -0.4 is 20.1 Å². The molecule has 0 heterocycles. The minimum atomic E-state index is -0.216. The first kappa shape index (κ1) is 17.3. The average molecular weight is 328 g/mol. The summed E-state index contributed by atoms with van der Waals surface area (Å²) in [7, 11) is 3.08. The summed E-state index contributed by atoms with van der Waals surface area (Å²) in [5.74, 6) is 0.730. The smallest absolute Gasteiger partial charge is 0.251 e. The molecule has 126 valence electrons. The molecule has 2 aromatic rings. The molecule has 0 spiro atoms. The van der Waals surface area contributed by atoms with Crippen LogP contribution in [0.3, 0.4) is 0 Å². The van der Waals surface area contributed by atoms with Crippen LogP contribution in [0.5, 0.6) is 11.5 Å². The summed E-state index contributed by atoms with van der Waals surface area (Å²) in [6.45, 7) is 0.248. The molecule has 0 fully saturated rings. The van der Waals surface area contributed by atoms with E-state index in [4.69, 9.17) is 9.47 Å². The van der Waals surface area contributed by atoms with Gasteiger partial charge in [0, 0.05) is 24.6 Å². The predicted octanol–water partition coefficient (Wildman–Crippen LogP) is 2.46. The van der Waals surface area contributed by atoms with Crippen LogP contribution in [-0.4, -0.2) is 32.6 Å². The minimum absolute atomic E-state index is 0.160. The van der Waals surface area contributed by atoms with Crippen molar-refractivity contribution in [3.8, 4) is 11.5 Å². The lowest BCUT2D eigenvalue weighted by Gasteiger charge is -2.12. The average Bonchev–Trinajstić information content (AvgIpc) is 2.62. The summed E-state index contributed by atoms with van der Waals surface area (Å²) in [5, 5.41) is 5.47. The number of anilines is 1. The molecule has 0 unspecified atom stereocenters. The molecule has 0 bridgehead atoms. The molecule has 0 aliphatic carbocycles. The lowest BCUT2D eigenvalue weighted by atomic mass is 10.2. The molecule has 2 rings (SSSR count). The molecule has 0 atom stereocenters. The summed E-state index contributed by atoms with van der Waals surface area (Å²) >= 11 is 0. The SMILES string of the molecule is COc1ccc(NC(=O)CCNC(=O)c2ccccc2)c(OC)c1. The summed E-state index contributed by atoms with van der Waals surface area (Å²) in [4.78, 5) is 23.9. The molecule has 2 aromatic carbocycles. The fourth-order valence-electron chi connectivity index (χ4n) is 2.10. The molecule has 0 saturated heterocycles. The van der Waals surface area contributed by atoms with Gasteiger partial charge in [-0.05, 0) is 24.3 Å². The Morgan fingerprint density at radius 2 is 1.75 bits per heavy atom. The third-order valence-electron chi connectivity index (χ3n) is 3.36. The number of rotatable bonds is 7. The number of amides is 2. The van der Waals surface area contributed by atoms with Crippen LogP contribution in [0.15, 0.2) is 48.5 Å². The van der Waals surface area contributed by atoms with E-state index in [0.717, 1.165) is 0 Å². The van der Waals surface area contributed by atoms with E-state index in [2.05, 4.69) is 10.6 Å². The largest absolute Gasteiger partial charge is 0.497 e. The van der Waals surface area contributed by atoms with E-state index >= 15 is 0 Å². The molecule has 0 radical (unpaired) electrons. The molecule has 2 amide bonds. The lowest BCUT2D eigenvalue weighted by Crippen LogP contribution is -2.27. The van der Waals surface area contributed by atoms with Crippen molar-refractivity contribution in [2.75, 3.05) is 26.1 Å². The van der Waals surface area contributed by atoms with E-state index in [1.807, 2.05) is 6.07 Å². The Morgan fingerprint density at radius 3 is 2.42 bits per heavy atom. The van der Waals surface area contributed by atoms with Gasteiger partial charge in [0.05, 0.1) is 19.9 Å². The lowest BCUT2D eigenvalue weighted by molar-refractivity contribution is -0.116. The van der Waals surface area contributed by atoms with E-state index in [1.165, 1.54) is 7.11 Å². The Bertz CT molecular complexity index is 701. The zero-order valence-electron chi connectivity index (χ0n) is 13.7. The first-order valence-corrected chi connectivity index (χ1v) is 7.49. The number of methoxy groups -OCH3 is 2. The van der Waals surface area contributed by atoms with Gasteiger partial charge in [-0.25, -0.2) is 0 Å². The van der Waals surface area contributed by atoms with Gasteiger partial charge in [0.2, 0.25) is 5.91 Å². The van der Waals surface area contributed by atoms with Crippen molar-refractivity contribution < 1.29 is 19.1 Å². The number of carbonyl (C=O) groups is 2. The molecule has 6 heteroatoms. The number of ether oxygens (including phenoxy) is 2. The van der Waals surface area contributed by atoms with Gasteiger partial charge in [0.25, 0.3) is 5.91 Å². The van der Waals surface area contributed by atoms with Crippen molar-refractivity contribution >= 4 is 17.5 Å².